The molecule has 3 rings (SSSR count). The van der Waals surface area contributed by atoms with E-state index in [4.69, 9.17) is 0 Å². The van der Waals surface area contributed by atoms with Crippen LogP contribution in [0.2, 0.25) is 0 Å². The zero-order chi connectivity index (χ0) is 14.7. The van der Waals surface area contributed by atoms with Gasteiger partial charge in [0.05, 0.1) is 18.1 Å². The molecule has 8 heteroatoms. The molecule has 1 amide bonds. The first-order valence-corrected chi connectivity index (χ1v) is 7.02. The van der Waals surface area contributed by atoms with Crippen molar-refractivity contribution in [2.45, 2.75) is 25.3 Å². The molecule has 2 N–H and O–H groups in total. The molecule has 0 bridgehead atoms. The Hall–Kier alpha value is -1.99. The summed E-state index contributed by atoms with van der Waals surface area (Å²) in [5, 5.41) is 10.5. The maximum absolute atomic E-state index is 12.8. The Balaban J connectivity index is 0.00000176. The van der Waals surface area contributed by atoms with Gasteiger partial charge in [0, 0.05) is 12.4 Å². The highest BCUT2D eigenvalue weighted by Crippen LogP contribution is 2.28. The predicted molar refractivity (Wildman–Crippen MR) is 85.0 cm³/mol. The van der Waals surface area contributed by atoms with Crippen molar-refractivity contribution in [2.75, 3.05) is 18.4 Å². The number of amides is 1. The van der Waals surface area contributed by atoms with Crippen molar-refractivity contribution in [1.82, 2.24) is 25.1 Å². The van der Waals surface area contributed by atoms with E-state index in [0.717, 1.165) is 13.1 Å². The van der Waals surface area contributed by atoms with Gasteiger partial charge in [-0.25, -0.2) is 9.97 Å². The molecule has 2 aromatic rings. The van der Waals surface area contributed by atoms with Gasteiger partial charge in [-0.15, -0.1) is 12.4 Å². The van der Waals surface area contributed by atoms with E-state index >= 15 is 0 Å². The van der Waals surface area contributed by atoms with Crippen molar-refractivity contribution in [2.24, 2.45) is 0 Å². The topological polar surface area (TPSA) is 84.7 Å². The van der Waals surface area contributed by atoms with Gasteiger partial charge >= 0.3 is 0 Å². The minimum atomic E-state index is -0.653. The van der Waals surface area contributed by atoms with Gasteiger partial charge in [0.2, 0.25) is 0 Å². The zero-order valence-corrected chi connectivity index (χ0v) is 13.1. The highest BCUT2D eigenvalue weighted by molar-refractivity contribution is 5.96. The fourth-order valence-corrected chi connectivity index (χ4v) is 2.63. The van der Waals surface area contributed by atoms with E-state index < -0.39 is 5.54 Å². The van der Waals surface area contributed by atoms with E-state index in [1.807, 2.05) is 19.2 Å². The second kappa shape index (κ2) is 6.85. The summed E-state index contributed by atoms with van der Waals surface area (Å²) in [4.78, 5) is 21.0. The van der Waals surface area contributed by atoms with Crippen LogP contribution >= 0.6 is 12.4 Å². The predicted octanol–water partition coefficient (Wildman–Crippen LogP) is 1.12. The Labute approximate surface area is 134 Å². The molecule has 0 saturated carbocycles. The van der Waals surface area contributed by atoms with Crippen molar-refractivity contribution >= 4 is 24.0 Å². The second-order valence-electron chi connectivity index (χ2n) is 5.21. The number of rotatable bonds is 3. The first-order chi connectivity index (χ1) is 10.2. The SMILES string of the molecule is Cc1ncc(NC(=O)C2(n3cccn3)CCNCC2)cn1.Cl. The number of hydrogen-bond donors (Lipinski definition) is 2. The summed E-state index contributed by atoms with van der Waals surface area (Å²) < 4.78 is 1.76. The fraction of sp³-hybridized carbons (Fsp3) is 0.429. The molecule has 0 unspecified atom stereocenters. The van der Waals surface area contributed by atoms with E-state index in [1.165, 1.54) is 0 Å². The molecule has 7 nitrogen and oxygen atoms in total. The molecule has 0 atom stereocenters. The number of halogens is 1. The van der Waals surface area contributed by atoms with Gasteiger partial charge in [-0.1, -0.05) is 0 Å². The number of carbonyl (C=O) groups is 1. The first kappa shape index (κ1) is 16.4. The summed E-state index contributed by atoms with van der Waals surface area (Å²) in [5.41, 5.74) is -0.0460. The highest BCUT2D eigenvalue weighted by atomic mass is 35.5. The molecule has 1 fully saturated rings. The van der Waals surface area contributed by atoms with Crippen molar-refractivity contribution in [3.8, 4) is 0 Å². The van der Waals surface area contributed by atoms with Gasteiger partial charge < -0.3 is 10.6 Å². The van der Waals surface area contributed by atoms with E-state index in [2.05, 4.69) is 25.7 Å². The number of anilines is 1. The standard InChI is InChI=1S/C14H18N6O.ClH/c1-11-16-9-12(10-17-11)19-13(21)14(3-6-15-7-4-14)20-8-2-5-18-20;/h2,5,8-10,15H,3-4,6-7H2,1H3,(H,19,21);1H. The Morgan fingerprint density at radius 2 is 2.00 bits per heavy atom. The van der Waals surface area contributed by atoms with Crippen LogP contribution in [0.5, 0.6) is 0 Å². The number of nitrogens with zero attached hydrogens (tertiary/aromatic N) is 4. The van der Waals surface area contributed by atoms with E-state index in [1.54, 1.807) is 23.3 Å². The molecule has 1 saturated heterocycles. The minimum Gasteiger partial charge on any atom is -0.321 e. The van der Waals surface area contributed by atoms with E-state index in [-0.39, 0.29) is 18.3 Å². The van der Waals surface area contributed by atoms with Crippen LogP contribution in [0.3, 0.4) is 0 Å². The lowest BCUT2D eigenvalue weighted by molar-refractivity contribution is -0.126. The zero-order valence-electron chi connectivity index (χ0n) is 12.3. The summed E-state index contributed by atoms with van der Waals surface area (Å²) in [6, 6.07) is 1.84. The Bertz CT molecular complexity index is 607. The van der Waals surface area contributed by atoms with Gasteiger partial charge in [0.25, 0.3) is 5.91 Å². The molecule has 0 spiro atoms. The summed E-state index contributed by atoms with van der Waals surface area (Å²) in [6.45, 7) is 3.39. The summed E-state index contributed by atoms with van der Waals surface area (Å²) in [5.74, 6) is 0.608. The lowest BCUT2D eigenvalue weighted by atomic mass is 9.87. The van der Waals surface area contributed by atoms with Crippen LogP contribution in [0.1, 0.15) is 18.7 Å². The molecule has 118 valence electrons. The largest absolute Gasteiger partial charge is 0.321 e. The number of carbonyl (C=O) groups excluding carboxylic acids is 1. The lowest BCUT2D eigenvalue weighted by Crippen LogP contribution is -2.52. The molecule has 0 radical (unpaired) electrons. The van der Waals surface area contributed by atoms with Crippen LogP contribution in [0.4, 0.5) is 5.69 Å². The molecule has 1 aliphatic heterocycles. The van der Waals surface area contributed by atoms with Crippen molar-refractivity contribution in [3.05, 3.63) is 36.7 Å². The molecular weight excluding hydrogens is 304 g/mol. The number of piperidine rings is 1. The summed E-state index contributed by atoms with van der Waals surface area (Å²) in [7, 11) is 0. The Morgan fingerprint density at radius 1 is 1.32 bits per heavy atom. The lowest BCUT2D eigenvalue weighted by Gasteiger charge is -2.36. The fourth-order valence-electron chi connectivity index (χ4n) is 2.63. The molecule has 22 heavy (non-hydrogen) atoms. The second-order valence-corrected chi connectivity index (χ2v) is 5.21. The van der Waals surface area contributed by atoms with Crippen LogP contribution in [-0.4, -0.2) is 38.7 Å². The normalized spacial score (nSPS) is 16.6. The van der Waals surface area contributed by atoms with Crippen molar-refractivity contribution in [3.63, 3.8) is 0 Å². The number of aryl methyl sites for hydroxylation is 1. The van der Waals surface area contributed by atoms with Gasteiger partial charge in [0.15, 0.2) is 0 Å². The number of nitrogens with one attached hydrogen (secondary N) is 2. The molecule has 2 aromatic heterocycles. The maximum Gasteiger partial charge on any atom is 0.252 e. The molecule has 1 aliphatic rings. The van der Waals surface area contributed by atoms with Crippen LogP contribution in [-0.2, 0) is 10.3 Å². The number of aromatic nitrogens is 4. The van der Waals surface area contributed by atoms with Crippen molar-refractivity contribution < 1.29 is 4.79 Å². The van der Waals surface area contributed by atoms with Gasteiger partial charge in [-0.3, -0.25) is 9.48 Å². The van der Waals surface area contributed by atoms with Gasteiger partial charge in [0.1, 0.15) is 11.4 Å². The van der Waals surface area contributed by atoms with Gasteiger partial charge in [-0.05, 0) is 38.9 Å². The average molecular weight is 323 g/mol. The molecule has 0 aliphatic carbocycles. The monoisotopic (exact) mass is 322 g/mol. The van der Waals surface area contributed by atoms with Crippen LogP contribution in [0.25, 0.3) is 0 Å². The third kappa shape index (κ3) is 3.10. The Kier molecular flexibility index (Phi) is 5.10. The van der Waals surface area contributed by atoms with Crippen LogP contribution in [0, 0.1) is 6.92 Å². The first-order valence-electron chi connectivity index (χ1n) is 7.02. The molecule has 0 aromatic carbocycles. The quantitative estimate of drug-likeness (QED) is 0.884. The van der Waals surface area contributed by atoms with Crippen LogP contribution < -0.4 is 10.6 Å². The summed E-state index contributed by atoms with van der Waals surface area (Å²) >= 11 is 0. The summed E-state index contributed by atoms with van der Waals surface area (Å²) in [6.07, 6.45) is 8.19. The maximum atomic E-state index is 12.8. The molecular formula is C14H19ClN6O. The number of hydrogen-bond acceptors (Lipinski definition) is 5. The Morgan fingerprint density at radius 3 is 2.59 bits per heavy atom. The minimum absolute atomic E-state index is 0. The van der Waals surface area contributed by atoms with E-state index in [0.29, 0.717) is 24.4 Å². The van der Waals surface area contributed by atoms with E-state index in [9.17, 15) is 4.79 Å². The smallest absolute Gasteiger partial charge is 0.252 e. The third-order valence-electron chi connectivity index (χ3n) is 3.84. The van der Waals surface area contributed by atoms with Crippen LogP contribution in [0.15, 0.2) is 30.9 Å². The third-order valence-corrected chi connectivity index (χ3v) is 3.84. The highest BCUT2D eigenvalue weighted by Gasteiger charge is 2.42. The molecule has 3 heterocycles. The van der Waals surface area contributed by atoms with Gasteiger partial charge in [-0.2, -0.15) is 5.10 Å². The average Bonchev–Trinajstić information content (AvgIpc) is 3.05. The van der Waals surface area contributed by atoms with Crippen molar-refractivity contribution in [1.29, 1.82) is 0 Å².